The first-order valence-corrected chi connectivity index (χ1v) is 5.73. The molecule has 0 heterocycles. The quantitative estimate of drug-likeness (QED) is 0.479. The molecule has 0 atom stereocenters. The summed E-state index contributed by atoms with van der Waals surface area (Å²) in [4.78, 5) is 0. The van der Waals surface area contributed by atoms with E-state index in [0.29, 0.717) is 13.5 Å². The molecule has 0 saturated heterocycles. The van der Waals surface area contributed by atoms with Gasteiger partial charge in [0, 0.05) is 0 Å². The number of alkyl halides is 4. The zero-order valence-corrected chi connectivity index (χ0v) is 9.96. The summed E-state index contributed by atoms with van der Waals surface area (Å²) in [5, 5.41) is 2.52. The minimum Gasteiger partial charge on any atom is -0.311 e. The maximum absolute atomic E-state index is 13.0. The van der Waals surface area contributed by atoms with Crippen LogP contribution >= 0.6 is 0 Å². The van der Waals surface area contributed by atoms with Gasteiger partial charge in [0.2, 0.25) is 0 Å². The van der Waals surface area contributed by atoms with Gasteiger partial charge < -0.3 is 5.32 Å². The van der Waals surface area contributed by atoms with Crippen LogP contribution in [0.4, 0.5) is 17.6 Å². The van der Waals surface area contributed by atoms with Crippen molar-refractivity contribution in [3.05, 3.63) is 0 Å². The number of unbranched alkanes of at least 4 members (excludes halogenated alkanes) is 3. The average molecular weight is 243 g/mol. The highest BCUT2D eigenvalue weighted by molar-refractivity contribution is 4.76. The zero-order chi connectivity index (χ0) is 12.7. The van der Waals surface area contributed by atoms with Crippen LogP contribution < -0.4 is 5.32 Å². The molecule has 98 valence electrons. The Balaban J connectivity index is 3.58. The molecule has 0 bridgehead atoms. The van der Waals surface area contributed by atoms with Gasteiger partial charge in [-0.25, -0.2) is 17.6 Å². The molecule has 0 aliphatic rings. The normalized spacial score (nSPS) is 13.1. The Labute approximate surface area is 94.6 Å². The Morgan fingerprint density at radius 3 is 2.12 bits per heavy atom. The van der Waals surface area contributed by atoms with E-state index in [4.69, 9.17) is 0 Å². The summed E-state index contributed by atoms with van der Waals surface area (Å²) in [7, 11) is 0. The summed E-state index contributed by atoms with van der Waals surface area (Å²) < 4.78 is 50.7. The van der Waals surface area contributed by atoms with Gasteiger partial charge in [-0.15, -0.1) is 0 Å². The number of halogens is 4. The Hall–Kier alpha value is -0.320. The number of nitrogens with one attached hydrogen (secondary N) is 1. The summed E-state index contributed by atoms with van der Waals surface area (Å²) in [6.07, 6.45) is 2.57. The first-order chi connectivity index (χ1) is 7.27. The SMILES string of the molecule is CCCCCCNCC(F)(F)CC(C)(F)F. The highest BCUT2D eigenvalue weighted by atomic mass is 19.3. The molecule has 0 rings (SSSR count). The van der Waals surface area contributed by atoms with Crippen LogP contribution in [0.5, 0.6) is 0 Å². The standard InChI is InChI=1S/C11H21F4N/c1-3-4-5-6-7-16-9-11(14,15)8-10(2,12)13/h16H,3-9H2,1-2H3. The second-order valence-electron chi connectivity index (χ2n) is 4.34. The van der Waals surface area contributed by atoms with Crippen molar-refractivity contribution in [3.8, 4) is 0 Å². The van der Waals surface area contributed by atoms with E-state index in [1.54, 1.807) is 0 Å². The van der Waals surface area contributed by atoms with Crippen molar-refractivity contribution in [2.45, 2.75) is 57.8 Å². The Morgan fingerprint density at radius 1 is 1.00 bits per heavy atom. The first-order valence-electron chi connectivity index (χ1n) is 5.73. The van der Waals surface area contributed by atoms with Gasteiger partial charge >= 0.3 is 0 Å². The fourth-order valence-electron chi connectivity index (χ4n) is 1.46. The smallest absolute Gasteiger partial charge is 0.266 e. The summed E-state index contributed by atoms with van der Waals surface area (Å²) in [6, 6.07) is 0. The monoisotopic (exact) mass is 243 g/mol. The van der Waals surface area contributed by atoms with E-state index < -0.39 is 24.8 Å². The predicted octanol–water partition coefficient (Wildman–Crippen LogP) is 3.84. The van der Waals surface area contributed by atoms with Gasteiger partial charge in [0.25, 0.3) is 11.8 Å². The summed E-state index contributed by atoms with van der Waals surface area (Å²) in [5.74, 6) is -6.64. The third-order valence-corrected chi connectivity index (χ3v) is 2.16. The lowest BCUT2D eigenvalue weighted by Gasteiger charge is -2.20. The lowest BCUT2D eigenvalue weighted by Crippen LogP contribution is -2.37. The van der Waals surface area contributed by atoms with Crippen molar-refractivity contribution in [3.63, 3.8) is 0 Å². The molecule has 0 amide bonds. The zero-order valence-electron chi connectivity index (χ0n) is 9.96. The third-order valence-electron chi connectivity index (χ3n) is 2.16. The number of rotatable bonds is 9. The van der Waals surface area contributed by atoms with Crippen molar-refractivity contribution < 1.29 is 17.6 Å². The molecular weight excluding hydrogens is 222 g/mol. The highest BCUT2D eigenvalue weighted by Gasteiger charge is 2.39. The Morgan fingerprint density at radius 2 is 1.62 bits per heavy atom. The molecule has 0 fully saturated rings. The average Bonchev–Trinajstić information content (AvgIpc) is 2.06. The molecule has 1 N–H and O–H groups in total. The summed E-state index contributed by atoms with van der Waals surface area (Å²) in [5.41, 5.74) is 0. The molecule has 16 heavy (non-hydrogen) atoms. The van der Waals surface area contributed by atoms with E-state index in [2.05, 4.69) is 12.2 Å². The van der Waals surface area contributed by atoms with Gasteiger partial charge in [-0.2, -0.15) is 0 Å². The molecular formula is C11H21F4N. The van der Waals surface area contributed by atoms with E-state index in [9.17, 15) is 17.6 Å². The fourth-order valence-corrected chi connectivity index (χ4v) is 1.46. The molecule has 1 nitrogen and oxygen atoms in total. The molecule has 0 aromatic heterocycles. The van der Waals surface area contributed by atoms with Crippen LogP contribution in [-0.2, 0) is 0 Å². The van der Waals surface area contributed by atoms with E-state index in [1.165, 1.54) is 0 Å². The molecule has 0 saturated carbocycles. The van der Waals surface area contributed by atoms with Crippen LogP contribution in [-0.4, -0.2) is 24.9 Å². The van der Waals surface area contributed by atoms with Crippen molar-refractivity contribution in [2.24, 2.45) is 0 Å². The van der Waals surface area contributed by atoms with Crippen molar-refractivity contribution in [1.29, 1.82) is 0 Å². The largest absolute Gasteiger partial charge is 0.311 e. The third kappa shape index (κ3) is 10.2. The van der Waals surface area contributed by atoms with E-state index in [-0.39, 0.29) is 0 Å². The van der Waals surface area contributed by atoms with Gasteiger partial charge in [-0.05, 0) is 19.9 Å². The maximum atomic E-state index is 13.0. The van der Waals surface area contributed by atoms with Gasteiger partial charge in [0.15, 0.2) is 0 Å². The van der Waals surface area contributed by atoms with Gasteiger partial charge in [-0.1, -0.05) is 26.2 Å². The molecule has 0 aliphatic carbocycles. The summed E-state index contributed by atoms with van der Waals surface area (Å²) in [6.45, 7) is 2.38. The number of hydrogen-bond acceptors (Lipinski definition) is 1. The lowest BCUT2D eigenvalue weighted by molar-refractivity contribution is -0.0984. The minimum atomic E-state index is -3.33. The molecule has 0 aromatic carbocycles. The van der Waals surface area contributed by atoms with Crippen LogP contribution in [0.3, 0.4) is 0 Å². The molecule has 0 aromatic rings. The second kappa shape index (κ2) is 7.09. The molecule has 0 aliphatic heterocycles. The van der Waals surface area contributed by atoms with Gasteiger partial charge in [0.05, 0.1) is 13.0 Å². The van der Waals surface area contributed by atoms with Crippen LogP contribution in [0.2, 0.25) is 0 Å². The van der Waals surface area contributed by atoms with Crippen molar-refractivity contribution in [2.75, 3.05) is 13.1 Å². The lowest BCUT2D eigenvalue weighted by atomic mass is 10.1. The van der Waals surface area contributed by atoms with E-state index in [0.717, 1.165) is 25.7 Å². The Kier molecular flexibility index (Phi) is 6.95. The summed E-state index contributed by atoms with van der Waals surface area (Å²) >= 11 is 0. The number of hydrogen-bond donors (Lipinski definition) is 1. The van der Waals surface area contributed by atoms with Crippen LogP contribution in [0.25, 0.3) is 0 Å². The Bertz CT molecular complexity index is 177. The second-order valence-corrected chi connectivity index (χ2v) is 4.34. The predicted molar refractivity (Wildman–Crippen MR) is 57.2 cm³/mol. The molecule has 0 unspecified atom stereocenters. The molecule has 0 spiro atoms. The van der Waals surface area contributed by atoms with Crippen molar-refractivity contribution >= 4 is 0 Å². The van der Waals surface area contributed by atoms with E-state index in [1.807, 2.05) is 0 Å². The molecule has 5 heteroatoms. The minimum absolute atomic E-state index is 0.463. The van der Waals surface area contributed by atoms with Gasteiger partial charge in [-0.3, -0.25) is 0 Å². The maximum Gasteiger partial charge on any atom is 0.266 e. The highest BCUT2D eigenvalue weighted by Crippen LogP contribution is 2.29. The van der Waals surface area contributed by atoms with Crippen molar-refractivity contribution in [1.82, 2.24) is 5.32 Å². The van der Waals surface area contributed by atoms with Crippen LogP contribution in [0, 0.1) is 0 Å². The van der Waals surface area contributed by atoms with Crippen LogP contribution in [0.15, 0.2) is 0 Å². The van der Waals surface area contributed by atoms with Crippen LogP contribution in [0.1, 0.15) is 46.0 Å². The molecule has 0 radical (unpaired) electrons. The first kappa shape index (κ1) is 15.7. The van der Waals surface area contributed by atoms with E-state index >= 15 is 0 Å². The van der Waals surface area contributed by atoms with Gasteiger partial charge in [0.1, 0.15) is 0 Å². The topological polar surface area (TPSA) is 12.0 Å². The fraction of sp³-hybridized carbons (Fsp3) is 1.00.